The highest BCUT2D eigenvalue weighted by Crippen LogP contribution is 2.26. The van der Waals surface area contributed by atoms with Crippen LogP contribution in [0.15, 0.2) is 70.2 Å². The first-order valence-electron chi connectivity index (χ1n) is 8.27. The molecule has 0 radical (unpaired) electrons. The molecular weight excluding hydrogens is 428 g/mol. The van der Waals surface area contributed by atoms with E-state index in [-0.39, 0.29) is 5.91 Å². The number of thioether (sulfide) groups is 1. The number of thiol groups is 1. The van der Waals surface area contributed by atoms with E-state index in [2.05, 4.69) is 38.9 Å². The Morgan fingerprint density at radius 2 is 1.85 bits per heavy atom. The Balaban J connectivity index is 0.000000758. The van der Waals surface area contributed by atoms with Crippen molar-refractivity contribution in [3.63, 3.8) is 0 Å². The number of nitrogens with zero attached hydrogens (tertiary/aromatic N) is 1. The monoisotopic (exact) mass is 448 g/mol. The standard InChI is InChI=1S/C18H15BrN2OS.C2H6S/c19-14-6-8-15(9-7-14)21-17(22)10-12-23-16-5-1-3-13-4-2-11-20-18(13)16;1-2-3/h1-9,11H,10,12H2,(H,21,22);3H,2H2,1H3. The van der Waals surface area contributed by atoms with Crippen molar-refractivity contribution >= 4 is 62.8 Å². The Morgan fingerprint density at radius 1 is 1.15 bits per heavy atom. The molecule has 0 saturated carbocycles. The number of carbonyl (C=O) groups excluding carboxylic acids is 1. The van der Waals surface area contributed by atoms with Crippen molar-refractivity contribution in [2.45, 2.75) is 18.2 Å². The minimum Gasteiger partial charge on any atom is -0.326 e. The highest BCUT2D eigenvalue weighted by molar-refractivity contribution is 9.10. The third-order valence-corrected chi connectivity index (χ3v) is 4.89. The fourth-order valence-electron chi connectivity index (χ4n) is 2.20. The zero-order valence-corrected chi connectivity index (χ0v) is 17.8. The average molecular weight is 449 g/mol. The van der Waals surface area contributed by atoms with Gasteiger partial charge in [-0.25, -0.2) is 0 Å². The molecule has 0 aliphatic carbocycles. The number of anilines is 1. The van der Waals surface area contributed by atoms with Crippen molar-refractivity contribution in [2.24, 2.45) is 0 Å². The van der Waals surface area contributed by atoms with Gasteiger partial charge >= 0.3 is 0 Å². The molecular formula is C20H21BrN2OS2. The maximum Gasteiger partial charge on any atom is 0.225 e. The van der Waals surface area contributed by atoms with Crippen molar-refractivity contribution in [3.8, 4) is 0 Å². The second-order valence-electron chi connectivity index (χ2n) is 5.30. The van der Waals surface area contributed by atoms with Crippen molar-refractivity contribution in [3.05, 3.63) is 65.3 Å². The van der Waals surface area contributed by atoms with Crippen LogP contribution in [-0.2, 0) is 4.79 Å². The summed E-state index contributed by atoms with van der Waals surface area (Å²) >= 11 is 8.83. The summed E-state index contributed by atoms with van der Waals surface area (Å²) in [6, 6.07) is 17.7. The molecule has 6 heteroatoms. The van der Waals surface area contributed by atoms with Crippen molar-refractivity contribution < 1.29 is 4.79 Å². The van der Waals surface area contributed by atoms with Crippen LogP contribution in [0.1, 0.15) is 13.3 Å². The van der Waals surface area contributed by atoms with E-state index in [9.17, 15) is 4.79 Å². The van der Waals surface area contributed by atoms with Crippen LogP contribution < -0.4 is 5.32 Å². The third-order valence-electron chi connectivity index (χ3n) is 3.31. The summed E-state index contributed by atoms with van der Waals surface area (Å²) in [6.45, 7) is 1.99. The van der Waals surface area contributed by atoms with Crippen molar-refractivity contribution in [1.82, 2.24) is 4.98 Å². The van der Waals surface area contributed by atoms with E-state index in [1.807, 2.05) is 61.5 Å². The Morgan fingerprint density at radius 3 is 2.58 bits per heavy atom. The molecule has 1 aromatic heterocycles. The number of benzene rings is 2. The van der Waals surface area contributed by atoms with Gasteiger partial charge in [0.15, 0.2) is 0 Å². The summed E-state index contributed by atoms with van der Waals surface area (Å²) in [5, 5.41) is 4.03. The van der Waals surface area contributed by atoms with Crippen LogP contribution >= 0.6 is 40.3 Å². The summed E-state index contributed by atoms with van der Waals surface area (Å²) in [7, 11) is 0. The molecule has 1 N–H and O–H groups in total. The predicted molar refractivity (Wildman–Crippen MR) is 119 cm³/mol. The normalized spacial score (nSPS) is 10.1. The van der Waals surface area contributed by atoms with Gasteiger partial charge < -0.3 is 5.32 Å². The predicted octanol–water partition coefficient (Wildman–Crippen LogP) is 6.05. The third kappa shape index (κ3) is 6.67. The van der Waals surface area contributed by atoms with Crippen LogP contribution in [0.5, 0.6) is 0 Å². The minimum absolute atomic E-state index is 0.0213. The first kappa shape index (κ1) is 20.8. The van der Waals surface area contributed by atoms with E-state index in [4.69, 9.17) is 0 Å². The molecule has 2 aromatic carbocycles. The number of rotatable bonds is 5. The number of amides is 1. The second-order valence-corrected chi connectivity index (χ2v) is 7.99. The molecule has 0 aliphatic rings. The zero-order valence-electron chi connectivity index (χ0n) is 14.5. The van der Waals surface area contributed by atoms with Gasteiger partial charge in [-0.1, -0.05) is 41.1 Å². The molecule has 0 aliphatic heterocycles. The van der Waals surface area contributed by atoms with E-state index >= 15 is 0 Å². The molecule has 26 heavy (non-hydrogen) atoms. The number of para-hydroxylation sites is 1. The van der Waals surface area contributed by atoms with Gasteiger partial charge in [-0.15, -0.1) is 11.8 Å². The van der Waals surface area contributed by atoms with E-state index in [1.54, 1.807) is 18.0 Å². The first-order chi connectivity index (χ1) is 12.6. The molecule has 0 spiro atoms. The van der Waals surface area contributed by atoms with E-state index in [0.717, 1.165) is 37.5 Å². The van der Waals surface area contributed by atoms with Crippen molar-refractivity contribution in [2.75, 3.05) is 16.8 Å². The smallest absolute Gasteiger partial charge is 0.225 e. The lowest BCUT2D eigenvalue weighted by molar-refractivity contribution is -0.115. The maximum absolute atomic E-state index is 12.0. The number of hydrogen-bond acceptors (Lipinski definition) is 4. The number of fused-ring (bicyclic) bond motifs is 1. The van der Waals surface area contributed by atoms with E-state index < -0.39 is 0 Å². The van der Waals surface area contributed by atoms with Gasteiger partial charge in [0.25, 0.3) is 0 Å². The number of aromatic nitrogens is 1. The molecule has 3 nitrogen and oxygen atoms in total. The molecule has 3 aromatic rings. The summed E-state index contributed by atoms with van der Waals surface area (Å²) in [5.41, 5.74) is 1.81. The quantitative estimate of drug-likeness (QED) is 0.368. The van der Waals surface area contributed by atoms with Gasteiger partial charge in [0, 0.05) is 38.8 Å². The second kappa shape index (κ2) is 11.3. The van der Waals surface area contributed by atoms with E-state index in [0.29, 0.717) is 6.42 Å². The van der Waals surface area contributed by atoms with Crippen LogP contribution in [0.4, 0.5) is 5.69 Å². The Bertz CT molecular complexity index is 835. The molecule has 0 unspecified atom stereocenters. The molecule has 1 amide bonds. The summed E-state index contributed by atoms with van der Waals surface area (Å²) in [5.74, 6) is 1.69. The van der Waals surface area contributed by atoms with Crippen LogP contribution in [-0.4, -0.2) is 22.4 Å². The zero-order chi connectivity index (χ0) is 18.8. The molecule has 1 heterocycles. The number of hydrogen-bond donors (Lipinski definition) is 2. The molecule has 0 saturated heterocycles. The van der Waals surface area contributed by atoms with Gasteiger partial charge in [0.05, 0.1) is 5.52 Å². The Hall–Kier alpha value is -1.50. The largest absolute Gasteiger partial charge is 0.326 e. The topological polar surface area (TPSA) is 42.0 Å². The molecule has 0 fully saturated rings. The van der Waals surface area contributed by atoms with Crippen LogP contribution in [0.25, 0.3) is 10.9 Å². The summed E-state index contributed by atoms with van der Waals surface area (Å²) < 4.78 is 0.995. The average Bonchev–Trinajstić information content (AvgIpc) is 2.64. The summed E-state index contributed by atoms with van der Waals surface area (Å²) in [6.07, 6.45) is 2.26. The highest BCUT2D eigenvalue weighted by atomic mass is 79.9. The number of nitrogens with one attached hydrogen (secondary N) is 1. The van der Waals surface area contributed by atoms with Gasteiger partial charge in [0.1, 0.15) is 0 Å². The first-order valence-corrected chi connectivity index (χ1v) is 10.7. The minimum atomic E-state index is 0.0213. The number of halogens is 1. The number of carbonyl (C=O) groups is 1. The van der Waals surface area contributed by atoms with Crippen molar-refractivity contribution in [1.29, 1.82) is 0 Å². The fourth-order valence-corrected chi connectivity index (χ4v) is 3.46. The lowest BCUT2D eigenvalue weighted by Gasteiger charge is -2.07. The Kier molecular flexibility index (Phi) is 9.01. The number of pyridine rings is 1. The lowest BCUT2D eigenvalue weighted by Crippen LogP contribution is -2.12. The Labute approximate surface area is 172 Å². The highest BCUT2D eigenvalue weighted by Gasteiger charge is 2.06. The maximum atomic E-state index is 12.0. The lowest BCUT2D eigenvalue weighted by atomic mass is 10.2. The summed E-state index contributed by atoms with van der Waals surface area (Å²) in [4.78, 5) is 17.5. The molecule has 0 bridgehead atoms. The fraction of sp³-hybridized carbons (Fsp3) is 0.200. The van der Waals surface area contributed by atoms with Gasteiger partial charge in [0.2, 0.25) is 5.91 Å². The van der Waals surface area contributed by atoms with Gasteiger partial charge in [-0.2, -0.15) is 12.6 Å². The SMILES string of the molecule is CCS.O=C(CCSc1cccc2cccnc12)Nc1ccc(Br)cc1. The van der Waals surface area contributed by atoms with E-state index in [1.165, 1.54) is 0 Å². The molecule has 0 atom stereocenters. The van der Waals surface area contributed by atoms with Gasteiger partial charge in [-0.3, -0.25) is 9.78 Å². The van der Waals surface area contributed by atoms with Crippen LogP contribution in [0, 0.1) is 0 Å². The van der Waals surface area contributed by atoms with Crippen LogP contribution in [0.3, 0.4) is 0 Å². The molecule has 3 rings (SSSR count). The molecule has 136 valence electrons. The van der Waals surface area contributed by atoms with Gasteiger partial charge in [-0.05, 0) is 42.2 Å². The van der Waals surface area contributed by atoms with Crippen LogP contribution in [0.2, 0.25) is 0 Å².